The molecule has 1 fully saturated rings. The Labute approximate surface area is 208 Å². The number of rotatable bonds is 7. The van der Waals surface area contributed by atoms with Gasteiger partial charge in [0.1, 0.15) is 9.21 Å². The lowest BCUT2D eigenvalue weighted by Gasteiger charge is -2.30. The molecule has 0 saturated carbocycles. The van der Waals surface area contributed by atoms with Crippen LogP contribution in [-0.4, -0.2) is 63.4 Å². The van der Waals surface area contributed by atoms with Crippen molar-refractivity contribution in [2.45, 2.75) is 50.3 Å². The second kappa shape index (κ2) is 10.4. The van der Waals surface area contributed by atoms with Crippen molar-refractivity contribution in [1.82, 2.24) is 4.31 Å². The molecule has 0 aromatic carbocycles. The van der Waals surface area contributed by atoms with E-state index in [1.807, 2.05) is 13.8 Å². The number of quaternary nitrogens is 1. The number of ether oxygens (including phenoxy) is 1. The predicted octanol–water partition coefficient (Wildman–Crippen LogP) is 2.03. The first-order valence-corrected chi connectivity index (χ1v) is 14.8. The average molecular weight is 527 g/mol. The number of anilines is 1. The number of nitrogens with zero attached hydrogens (tertiary/aromatic N) is 1. The van der Waals surface area contributed by atoms with E-state index in [0.29, 0.717) is 46.9 Å². The first-order chi connectivity index (χ1) is 16.1. The number of amides is 1. The first kappa shape index (κ1) is 25.3. The van der Waals surface area contributed by atoms with Crippen molar-refractivity contribution in [2.75, 3.05) is 38.0 Å². The minimum Gasteiger partial charge on any atom is -0.459 e. The Morgan fingerprint density at radius 3 is 2.68 bits per heavy atom. The molecule has 34 heavy (non-hydrogen) atoms. The smallest absolute Gasteiger partial charge is 0.341 e. The maximum Gasteiger partial charge on any atom is 0.341 e. The number of carbonyl (C=O) groups is 2. The van der Waals surface area contributed by atoms with E-state index >= 15 is 0 Å². The van der Waals surface area contributed by atoms with E-state index in [1.54, 1.807) is 17.5 Å². The Bertz CT molecular complexity index is 1130. The van der Waals surface area contributed by atoms with Gasteiger partial charge in [-0.15, -0.1) is 22.7 Å². The lowest BCUT2D eigenvalue weighted by molar-refractivity contribution is -0.895. The summed E-state index contributed by atoms with van der Waals surface area (Å²) in [5.41, 5.74) is 1.53. The molecule has 1 amide bonds. The van der Waals surface area contributed by atoms with Gasteiger partial charge in [-0.1, -0.05) is 13.0 Å². The molecule has 186 valence electrons. The molecule has 0 radical (unpaired) electrons. The number of fused-ring (bicyclic) bond motifs is 1. The lowest BCUT2D eigenvalue weighted by atomic mass is 9.88. The zero-order valence-electron chi connectivity index (χ0n) is 19.8. The minimum atomic E-state index is -3.46. The topological polar surface area (TPSA) is 97.2 Å². The molecule has 8 nitrogen and oxygen atoms in total. The summed E-state index contributed by atoms with van der Waals surface area (Å²) in [6, 6.07) is 3.35. The van der Waals surface area contributed by atoms with E-state index in [-0.39, 0.29) is 24.5 Å². The summed E-state index contributed by atoms with van der Waals surface area (Å²) in [6.45, 7) is 7.92. The maximum absolute atomic E-state index is 12.9. The second-order valence-electron chi connectivity index (χ2n) is 9.32. The number of carbonyl (C=O) groups excluding carboxylic acids is 2. The Hall–Kier alpha value is -1.79. The number of hydrogen-bond donors (Lipinski definition) is 2. The van der Waals surface area contributed by atoms with Gasteiger partial charge in [0, 0.05) is 4.88 Å². The SMILES string of the molecule is CC(C)OC(=O)c1c(NC(=O)C[NH+]2CCN(S(=O)(=O)c3cccs3)CC2)sc2c1CC[C@H](C)C2. The average Bonchev–Trinajstić information content (AvgIpc) is 3.41. The van der Waals surface area contributed by atoms with Gasteiger partial charge in [0.2, 0.25) is 0 Å². The van der Waals surface area contributed by atoms with Crippen LogP contribution in [0.3, 0.4) is 0 Å². The molecule has 1 atom stereocenters. The van der Waals surface area contributed by atoms with Gasteiger partial charge >= 0.3 is 5.97 Å². The summed E-state index contributed by atoms with van der Waals surface area (Å²) in [7, 11) is -3.46. The monoisotopic (exact) mass is 526 g/mol. The van der Waals surface area contributed by atoms with Crippen LogP contribution in [0.5, 0.6) is 0 Å². The van der Waals surface area contributed by atoms with E-state index in [4.69, 9.17) is 4.74 Å². The van der Waals surface area contributed by atoms with Gasteiger partial charge in [-0.05, 0) is 56.0 Å². The fourth-order valence-corrected chi connectivity index (χ4v) is 8.48. The van der Waals surface area contributed by atoms with Crippen LogP contribution in [0.2, 0.25) is 0 Å². The van der Waals surface area contributed by atoms with Gasteiger partial charge in [-0.3, -0.25) is 4.79 Å². The van der Waals surface area contributed by atoms with Crippen LogP contribution in [0, 0.1) is 5.92 Å². The number of sulfonamides is 1. The number of hydrogen-bond acceptors (Lipinski definition) is 7. The van der Waals surface area contributed by atoms with Crippen LogP contribution >= 0.6 is 22.7 Å². The second-order valence-corrected chi connectivity index (χ2v) is 13.5. The van der Waals surface area contributed by atoms with E-state index in [9.17, 15) is 18.0 Å². The van der Waals surface area contributed by atoms with Crippen LogP contribution in [0.15, 0.2) is 21.7 Å². The molecule has 1 saturated heterocycles. The Morgan fingerprint density at radius 2 is 2.03 bits per heavy atom. The van der Waals surface area contributed by atoms with Crippen molar-refractivity contribution in [2.24, 2.45) is 5.92 Å². The standard InChI is InChI=1S/C23H31N3O5S3/c1-15(2)31-23(28)21-17-7-6-16(3)13-18(17)33-22(21)24-19(27)14-25-8-10-26(11-9-25)34(29,30)20-5-4-12-32-20/h4-5,12,15-16H,6-11,13-14H2,1-3H3,(H,24,27)/p+1/t16-/m0/s1. The van der Waals surface area contributed by atoms with Crippen LogP contribution in [0.4, 0.5) is 5.00 Å². The number of piperazine rings is 1. The Balaban J connectivity index is 1.40. The third-order valence-electron chi connectivity index (χ3n) is 6.24. The van der Waals surface area contributed by atoms with Crippen molar-refractivity contribution >= 4 is 49.6 Å². The summed E-state index contributed by atoms with van der Waals surface area (Å²) < 4.78 is 32.8. The number of esters is 1. The third-order valence-corrected chi connectivity index (χ3v) is 10.7. The molecule has 11 heteroatoms. The van der Waals surface area contributed by atoms with Gasteiger partial charge in [-0.25, -0.2) is 13.2 Å². The summed E-state index contributed by atoms with van der Waals surface area (Å²) in [5, 5.41) is 5.31. The van der Waals surface area contributed by atoms with E-state index in [0.717, 1.165) is 34.6 Å². The Kier molecular flexibility index (Phi) is 7.78. The summed E-state index contributed by atoms with van der Waals surface area (Å²) in [4.78, 5) is 27.9. The molecular weight excluding hydrogens is 494 g/mol. The number of nitrogens with one attached hydrogen (secondary N) is 2. The largest absolute Gasteiger partial charge is 0.459 e. The lowest BCUT2D eigenvalue weighted by Crippen LogP contribution is -3.15. The molecule has 1 aliphatic heterocycles. The molecule has 2 aromatic rings. The fourth-order valence-electron chi connectivity index (χ4n) is 4.48. The third kappa shape index (κ3) is 5.54. The molecule has 0 bridgehead atoms. The van der Waals surface area contributed by atoms with Crippen LogP contribution in [0.1, 0.15) is 48.0 Å². The molecule has 3 heterocycles. The highest BCUT2D eigenvalue weighted by atomic mass is 32.2. The van der Waals surface area contributed by atoms with Gasteiger partial charge in [0.05, 0.1) is 37.8 Å². The number of thiophene rings is 2. The van der Waals surface area contributed by atoms with Crippen molar-refractivity contribution in [1.29, 1.82) is 0 Å². The van der Waals surface area contributed by atoms with Gasteiger partial charge in [0.15, 0.2) is 6.54 Å². The minimum absolute atomic E-state index is 0.171. The normalized spacial score (nSPS) is 19.7. The highest BCUT2D eigenvalue weighted by molar-refractivity contribution is 7.91. The molecule has 0 spiro atoms. The zero-order valence-corrected chi connectivity index (χ0v) is 22.2. The summed E-state index contributed by atoms with van der Waals surface area (Å²) in [6.07, 6.45) is 2.50. The van der Waals surface area contributed by atoms with Gasteiger partial charge in [-0.2, -0.15) is 4.31 Å². The molecule has 2 N–H and O–H groups in total. The zero-order chi connectivity index (χ0) is 24.5. The van der Waals surface area contributed by atoms with Crippen molar-refractivity contribution in [3.05, 3.63) is 33.5 Å². The van der Waals surface area contributed by atoms with Crippen molar-refractivity contribution < 1.29 is 27.6 Å². The van der Waals surface area contributed by atoms with Crippen LogP contribution in [0.25, 0.3) is 0 Å². The van der Waals surface area contributed by atoms with Crippen LogP contribution < -0.4 is 10.2 Å². The van der Waals surface area contributed by atoms with Crippen molar-refractivity contribution in [3.8, 4) is 0 Å². The summed E-state index contributed by atoms with van der Waals surface area (Å²) >= 11 is 2.70. The summed E-state index contributed by atoms with van der Waals surface area (Å²) in [5.74, 6) is 0.00164. The van der Waals surface area contributed by atoms with E-state index in [1.165, 1.54) is 27.0 Å². The predicted molar refractivity (Wildman–Crippen MR) is 133 cm³/mol. The highest BCUT2D eigenvalue weighted by Gasteiger charge is 2.33. The van der Waals surface area contributed by atoms with Gasteiger partial charge in [0.25, 0.3) is 15.9 Å². The highest BCUT2D eigenvalue weighted by Crippen LogP contribution is 2.40. The maximum atomic E-state index is 12.9. The molecule has 4 rings (SSSR count). The molecule has 2 aliphatic rings. The van der Waals surface area contributed by atoms with Gasteiger partial charge < -0.3 is 15.0 Å². The Morgan fingerprint density at radius 1 is 1.29 bits per heavy atom. The first-order valence-electron chi connectivity index (χ1n) is 11.7. The molecule has 2 aromatic heterocycles. The molecular formula is C23H32N3O5S3+. The fraction of sp³-hybridized carbons (Fsp3) is 0.565. The molecule has 1 aliphatic carbocycles. The van der Waals surface area contributed by atoms with E-state index in [2.05, 4.69) is 12.2 Å². The molecule has 0 unspecified atom stereocenters. The quantitative estimate of drug-likeness (QED) is 0.538. The van der Waals surface area contributed by atoms with E-state index < -0.39 is 10.0 Å². The van der Waals surface area contributed by atoms with Crippen molar-refractivity contribution in [3.63, 3.8) is 0 Å². The van der Waals surface area contributed by atoms with Crippen LogP contribution in [-0.2, 0) is 32.4 Å².